The number of aliphatic imine (C=N–C) groups is 1. The Hall–Kier alpha value is -1.30. The van der Waals surface area contributed by atoms with E-state index in [1.165, 1.54) is 7.11 Å². The molecule has 0 aromatic heterocycles. The van der Waals surface area contributed by atoms with E-state index in [9.17, 15) is 4.79 Å². The van der Waals surface area contributed by atoms with Crippen LogP contribution in [-0.2, 0) is 14.3 Å². The molecule has 23 heavy (non-hydrogen) atoms. The summed E-state index contributed by atoms with van der Waals surface area (Å²) < 4.78 is 10.6. The van der Waals surface area contributed by atoms with Gasteiger partial charge in [-0.2, -0.15) is 0 Å². The molecule has 0 heterocycles. The fourth-order valence-electron chi connectivity index (χ4n) is 3.48. The average molecular weight is 327 g/mol. The van der Waals surface area contributed by atoms with E-state index in [1.54, 1.807) is 7.05 Å². The summed E-state index contributed by atoms with van der Waals surface area (Å²) in [6, 6.07) is 0.341. The molecule has 0 aromatic rings. The molecule has 1 aliphatic rings. The molecule has 0 radical (unpaired) electrons. The van der Waals surface area contributed by atoms with Crippen LogP contribution in [0.5, 0.6) is 0 Å². The summed E-state index contributed by atoms with van der Waals surface area (Å²) in [7, 11) is 3.15. The molecule has 134 valence electrons. The van der Waals surface area contributed by atoms with Crippen LogP contribution < -0.4 is 10.6 Å². The van der Waals surface area contributed by atoms with Crippen LogP contribution in [0.2, 0.25) is 0 Å². The first-order valence-electron chi connectivity index (χ1n) is 8.65. The van der Waals surface area contributed by atoms with Crippen molar-refractivity contribution in [1.29, 1.82) is 0 Å². The summed E-state index contributed by atoms with van der Waals surface area (Å²) in [5, 5.41) is 6.72. The van der Waals surface area contributed by atoms with Gasteiger partial charge in [-0.05, 0) is 26.2 Å². The second-order valence-corrected chi connectivity index (χ2v) is 6.19. The van der Waals surface area contributed by atoms with Crippen molar-refractivity contribution in [3.63, 3.8) is 0 Å². The second kappa shape index (κ2) is 9.11. The molecule has 0 aliphatic heterocycles. The topological polar surface area (TPSA) is 72.0 Å². The van der Waals surface area contributed by atoms with Crippen molar-refractivity contribution in [2.45, 2.75) is 59.1 Å². The molecule has 0 spiro atoms. The molecular formula is C17H33N3O3. The minimum absolute atomic E-state index is 0.154. The zero-order valence-corrected chi connectivity index (χ0v) is 15.4. The van der Waals surface area contributed by atoms with E-state index in [1.807, 2.05) is 13.8 Å². The quantitative estimate of drug-likeness (QED) is 0.405. The van der Waals surface area contributed by atoms with Crippen molar-refractivity contribution in [3.05, 3.63) is 0 Å². The summed E-state index contributed by atoms with van der Waals surface area (Å²) in [6.07, 6.45) is 3.44. The number of hydrogen-bond donors (Lipinski definition) is 2. The van der Waals surface area contributed by atoms with Gasteiger partial charge in [-0.1, -0.05) is 20.8 Å². The highest BCUT2D eigenvalue weighted by molar-refractivity contribution is 5.81. The lowest BCUT2D eigenvalue weighted by atomic mass is 9.58. The largest absolute Gasteiger partial charge is 0.469 e. The summed E-state index contributed by atoms with van der Waals surface area (Å²) in [5.41, 5.74) is 0.154. The molecule has 2 N–H and O–H groups in total. The number of ether oxygens (including phenoxy) is 2. The predicted molar refractivity (Wildman–Crippen MR) is 92.5 cm³/mol. The van der Waals surface area contributed by atoms with Crippen LogP contribution in [-0.4, -0.2) is 51.4 Å². The maximum atomic E-state index is 11.5. The van der Waals surface area contributed by atoms with Crippen molar-refractivity contribution in [3.8, 4) is 0 Å². The Kier molecular flexibility index (Phi) is 7.82. The third kappa shape index (κ3) is 4.37. The molecule has 1 rings (SSSR count). The first-order chi connectivity index (χ1) is 11.0. The van der Waals surface area contributed by atoms with Gasteiger partial charge in [0.1, 0.15) is 0 Å². The van der Waals surface area contributed by atoms with E-state index >= 15 is 0 Å². The maximum Gasteiger partial charge on any atom is 0.310 e. The van der Waals surface area contributed by atoms with E-state index in [2.05, 4.69) is 29.5 Å². The van der Waals surface area contributed by atoms with Crippen molar-refractivity contribution < 1.29 is 14.3 Å². The molecule has 3 unspecified atom stereocenters. The van der Waals surface area contributed by atoms with Crippen LogP contribution in [0.4, 0.5) is 0 Å². The highest BCUT2D eigenvalue weighted by Gasteiger charge is 2.53. The average Bonchev–Trinajstić information content (AvgIpc) is 2.56. The fraction of sp³-hybridized carbons (Fsp3) is 0.882. The van der Waals surface area contributed by atoms with Gasteiger partial charge in [-0.25, -0.2) is 0 Å². The van der Waals surface area contributed by atoms with Gasteiger partial charge >= 0.3 is 5.97 Å². The zero-order chi connectivity index (χ0) is 17.5. The number of carbonyl (C=O) groups is 1. The number of nitrogens with zero attached hydrogens (tertiary/aromatic N) is 1. The molecule has 6 nitrogen and oxygen atoms in total. The highest BCUT2D eigenvalue weighted by Crippen LogP contribution is 2.48. The van der Waals surface area contributed by atoms with Crippen molar-refractivity contribution in [1.82, 2.24) is 10.6 Å². The number of rotatable bonds is 8. The minimum Gasteiger partial charge on any atom is -0.469 e. The highest BCUT2D eigenvalue weighted by atomic mass is 16.5. The Bertz CT molecular complexity index is 408. The standard InChI is InChI=1S/C17H33N3O3/c1-7-17(8-2)13(10-14(17)23-9-3)20-16(18-5)19-11-12(4)15(21)22-6/h12-14H,7-11H2,1-6H3,(H2,18,19,20). The molecular weight excluding hydrogens is 294 g/mol. The van der Waals surface area contributed by atoms with Crippen LogP contribution in [0, 0.1) is 11.3 Å². The molecule has 0 bridgehead atoms. The number of methoxy groups -OCH3 is 1. The van der Waals surface area contributed by atoms with Crippen molar-refractivity contribution >= 4 is 11.9 Å². The lowest BCUT2D eigenvalue weighted by Gasteiger charge is -2.55. The molecule has 1 fully saturated rings. The number of guanidine groups is 1. The van der Waals surface area contributed by atoms with Crippen LogP contribution in [0.15, 0.2) is 4.99 Å². The number of nitrogens with one attached hydrogen (secondary N) is 2. The van der Waals surface area contributed by atoms with Crippen LogP contribution in [0.25, 0.3) is 0 Å². The Labute approximate surface area is 140 Å². The first kappa shape index (κ1) is 19.7. The Morgan fingerprint density at radius 3 is 2.48 bits per heavy atom. The van der Waals surface area contributed by atoms with Crippen molar-refractivity contribution in [2.75, 3.05) is 27.3 Å². The van der Waals surface area contributed by atoms with Gasteiger partial charge in [0.25, 0.3) is 0 Å². The van der Waals surface area contributed by atoms with Crippen LogP contribution in [0.3, 0.4) is 0 Å². The lowest BCUT2D eigenvalue weighted by molar-refractivity contribution is -0.144. The van der Waals surface area contributed by atoms with Crippen LogP contribution >= 0.6 is 0 Å². The van der Waals surface area contributed by atoms with Gasteiger partial charge in [-0.3, -0.25) is 9.79 Å². The number of carbonyl (C=O) groups excluding carboxylic acids is 1. The van der Waals surface area contributed by atoms with E-state index in [4.69, 9.17) is 9.47 Å². The van der Waals surface area contributed by atoms with E-state index < -0.39 is 0 Å². The Morgan fingerprint density at radius 1 is 1.35 bits per heavy atom. The Balaban J connectivity index is 2.60. The summed E-state index contributed by atoms with van der Waals surface area (Å²) in [6.45, 7) is 9.58. The van der Waals surface area contributed by atoms with E-state index in [0.717, 1.165) is 31.8 Å². The SMILES string of the molecule is CCOC1CC(NC(=NC)NCC(C)C(=O)OC)C1(CC)CC. The third-order valence-electron chi connectivity index (χ3n) is 5.18. The van der Waals surface area contributed by atoms with Gasteiger partial charge in [0.05, 0.1) is 19.1 Å². The lowest BCUT2D eigenvalue weighted by Crippen LogP contribution is -2.65. The Morgan fingerprint density at radius 2 is 2.00 bits per heavy atom. The van der Waals surface area contributed by atoms with Gasteiger partial charge < -0.3 is 20.1 Å². The molecule has 3 atom stereocenters. The van der Waals surface area contributed by atoms with Gasteiger partial charge in [0, 0.05) is 31.7 Å². The summed E-state index contributed by atoms with van der Waals surface area (Å²) in [4.78, 5) is 15.7. The van der Waals surface area contributed by atoms with Gasteiger partial charge in [0.15, 0.2) is 5.96 Å². The minimum atomic E-state index is -0.218. The third-order valence-corrected chi connectivity index (χ3v) is 5.18. The second-order valence-electron chi connectivity index (χ2n) is 6.19. The maximum absolute atomic E-state index is 11.5. The van der Waals surface area contributed by atoms with Gasteiger partial charge in [-0.15, -0.1) is 0 Å². The van der Waals surface area contributed by atoms with Crippen LogP contribution in [0.1, 0.15) is 47.0 Å². The summed E-state index contributed by atoms with van der Waals surface area (Å²) in [5.74, 6) is 0.301. The molecule has 1 aliphatic carbocycles. The van der Waals surface area contributed by atoms with E-state index in [-0.39, 0.29) is 17.3 Å². The first-order valence-corrected chi connectivity index (χ1v) is 8.65. The molecule has 0 saturated heterocycles. The van der Waals surface area contributed by atoms with Gasteiger partial charge in [0.2, 0.25) is 0 Å². The number of esters is 1. The molecule has 0 amide bonds. The molecule has 1 saturated carbocycles. The van der Waals surface area contributed by atoms with Crippen molar-refractivity contribution in [2.24, 2.45) is 16.3 Å². The fourth-order valence-corrected chi connectivity index (χ4v) is 3.48. The smallest absolute Gasteiger partial charge is 0.310 e. The van der Waals surface area contributed by atoms with E-state index in [0.29, 0.717) is 18.7 Å². The molecule has 6 heteroatoms. The monoisotopic (exact) mass is 327 g/mol. The summed E-state index contributed by atoms with van der Waals surface area (Å²) >= 11 is 0. The predicted octanol–water partition coefficient (Wildman–Crippen LogP) is 1.94. The zero-order valence-electron chi connectivity index (χ0n) is 15.4. The normalized spacial score (nSPS) is 24.5. The number of hydrogen-bond acceptors (Lipinski definition) is 4. The molecule has 0 aromatic carbocycles.